The molecule has 0 radical (unpaired) electrons. The SMILES string of the molecule is C=NC/C(C)=C\C(=N/CSC1(C)C=CC=CC1Cl)c1cnc(Nc2cnc(CN3CCCC3)cn2)s1. The van der Waals surface area contributed by atoms with E-state index >= 15 is 0 Å². The van der Waals surface area contributed by atoms with Gasteiger partial charge in [-0.05, 0) is 58.1 Å². The number of likely N-dealkylation sites (tertiary alicyclic amines) is 1. The number of nitrogens with one attached hydrogen (secondary N) is 1. The van der Waals surface area contributed by atoms with Crippen molar-refractivity contribution < 1.29 is 0 Å². The van der Waals surface area contributed by atoms with Gasteiger partial charge >= 0.3 is 0 Å². The average Bonchev–Trinajstić information content (AvgIpc) is 3.54. The van der Waals surface area contributed by atoms with Crippen LogP contribution in [0, 0.1) is 0 Å². The first-order valence-corrected chi connectivity index (χ1v) is 14.2. The van der Waals surface area contributed by atoms with Crippen molar-refractivity contribution in [2.75, 3.05) is 30.8 Å². The van der Waals surface area contributed by atoms with Gasteiger partial charge < -0.3 is 5.32 Å². The molecule has 3 heterocycles. The minimum atomic E-state index is -0.202. The molecule has 1 aliphatic carbocycles. The van der Waals surface area contributed by atoms with Crippen LogP contribution >= 0.6 is 34.7 Å². The van der Waals surface area contributed by atoms with Crippen LogP contribution in [-0.4, -0.2) is 67.9 Å². The van der Waals surface area contributed by atoms with Gasteiger partial charge in [-0.3, -0.25) is 19.9 Å². The van der Waals surface area contributed by atoms with Gasteiger partial charge in [0.2, 0.25) is 0 Å². The van der Waals surface area contributed by atoms with Crippen LogP contribution in [0.3, 0.4) is 0 Å². The molecule has 2 aliphatic rings. The second kappa shape index (κ2) is 12.8. The number of halogens is 1. The fourth-order valence-corrected chi connectivity index (χ4v) is 5.98. The summed E-state index contributed by atoms with van der Waals surface area (Å²) in [6.07, 6.45) is 18.2. The molecule has 0 aromatic carbocycles. The topological polar surface area (TPSA) is 78.7 Å². The van der Waals surface area contributed by atoms with Crippen LogP contribution in [-0.2, 0) is 6.54 Å². The molecule has 2 aromatic heterocycles. The third-order valence-electron chi connectivity index (χ3n) is 6.00. The van der Waals surface area contributed by atoms with Gasteiger partial charge in [-0.2, -0.15) is 0 Å². The molecule has 10 heteroatoms. The lowest BCUT2D eigenvalue weighted by atomic mass is 10.0. The van der Waals surface area contributed by atoms with E-state index in [9.17, 15) is 0 Å². The van der Waals surface area contributed by atoms with Crippen molar-refractivity contribution in [3.8, 4) is 0 Å². The van der Waals surface area contributed by atoms with Gasteiger partial charge in [0.15, 0.2) is 10.9 Å². The average molecular weight is 542 g/mol. The van der Waals surface area contributed by atoms with Gasteiger partial charge in [0.1, 0.15) is 0 Å². The zero-order chi connectivity index (χ0) is 25.4. The number of hydrogen-bond donors (Lipinski definition) is 1. The molecule has 0 saturated carbocycles. The van der Waals surface area contributed by atoms with Crippen molar-refractivity contribution in [2.24, 2.45) is 9.98 Å². The third kappa shape index (κ3) is 7.35. The Morgan fingerprint density at radius 3 is 2.83 bits per heavy atom. The van der Waals surface area contributed by atoms with Crippen LogP contribution in [0.5, 0.6) is 0 Å². The molecular formula is C26H32ClN7S2. The molecule has 2 unspecified atom stereocenters. The molecular weight excluding hydrogens is 510 g/mol. The standard InChI is InChI=1S/C26H32ClN7S2/c1-19(13-28-3)12-21(32-18-35-26(2)9-5-4-8-23(26)27)22-15-31-25(36-22)33-24-16-29-20(14-30-24)17-34-10-6-7-11-34/h4-5,8-9,12,14-16,23H,3,6-7,10-11,13,17-18H2,1-2H3,(H,30,31,33)/b19-12-,32-21+. The summed E-state index contributed by atoms with van der Waals surface area (Å²) in [6.45, 7) is 11.5. The predicted molar refractivity (Wildman–Crippen MR) is 155 cm³/mol. The molecule has 7 nitrogen and oxygen atoms in total. The highest BCUT2D eigenvalue weighted by atomic mass is 35.5. The molecule has 0 bridgehead atoms. The number of thioether (sulfide) groups is 1. The first-order valence-electron chi connectivity index (χ1n) is 12.0. The lowest BCUT2D eigenvalue weighted by Gasteiger charge is -2.29. The molecule has 2 atom stereocenters. The Bertz CT molecular complexity index is 1150. The summed E-state index contributed by atoms with van der Waals surface area (Å²) in [7, 11) is 0. The number of thiazole rings is 1. The van der Waals surface area contributed by atoms with Crippen LogP contribution in [0.25, 0.3) is 0 Å². The highest BCUT2D eigenvalue weighted by molar-refractivity contribution is 8.00. The maximum absolute atomic E-state index is 6.55. The number of anilines is 2. The fraction of sp³-hybridized carbons (Fsp3) is 0.423. The molecule has 1 N–H and O–H groups in total. The van der Waals surface area contributed by atoms with Crippen molar-refractivity contribution in [3.63, 3.8) is 0 Å². The maximum atomic E-state index is 6.55. The Labute approximate surface area is 226 Å². The van der Waals surface area contributed by atoms with Crippen LogP contribution in [0.1, 0.15) is 37.3 Å². The Balaban J connectivity index is 1.44. The number of aliphatic imine (C=N–C) groups is 2. The summed E-state index contributed by atoms with van der Waals surface area (Å²) in [5.41, 5.74) is 2.94. The van der Waals surface area contributed by atoms with Crippen molar-refractivity contribution in [3.05, 3.63) is 65.1 Å². The Morgan fingerprint density at radius 2 is 2.11 bits per heavy atom. The highest BCUT2D eigenvalue weighted by Gasteiger charge is 2.30. The Morgan fingerprint density at radius 1 is 1.28 bits per heavy atom. The first-order chi connectivity index (χ1) is 17.4. The molecule has 1 fully saturated rings. The second-order valence-electron chi connectivity index (χ2n) is 9.05. The van der Waals surface area contributed by atoms with E-state index in [0.29, 0.717) is 18.2 Å². The molecule has 0 amide bonds. The van der Waals surface area contributed by atoms with E-state index in [4.69, 9.17) is 16.6 Å². The number of allylic oxidation sites excluding steroid dienone is 4. The largest absolute Gasteiger partial charge is 0.315 e. The highest BCUT2D eigenvalue weighted by Crippen LogP contribution is 2.36. The minimum absolute atomic E-state index is 0.0737. The van der Waals surface area contributed by atoms with E-state index in [1.807, 2.05) is 37.5 Å². The van der Waals surface area contributed by atoms with E-state index in [-0.39, 0.29) is 10.1 Å². The fourth-order valence-electron chi connectivity index (χ4n) is 3.94. The van der Waals surface area contributed by atoms with Gasteiger partial charge in [-0.1, -0.05) is 35.6 Å². The van der Waals surface area contributed by atoms with E-state index in [1.165, 1.54) is 24.2 Å². The maximum Gasteiger partial charge on any atom is 0.188 e. The van der Waals surface area contributed by atoms with Crippen LogP contribution in [0.4, 0.5) is 10.9 Å². The van der Waals surface area contributed by atoms with Crippen molar-refractivity contribution >= 4 is 58.1 Å². The van der Waals surface area contributed by atoms with E-state index in [0.717, 1.165) is 46.6 Å². The normalized spacial score (nSPS) is 22.8. The van der Waals surface area contributed by atoms with Gasteiger partial charge in [0.25, 0.3) is 0 Å². The minimum Gasteiger partial charge on any atom is -0.315 e. The number of rotatable bonds is 11. The molecule has 0 spiro atoms. The molecule has 1 saturated heterocycles. The summed E-state index contributed by atoms with van der Waals surface area (Å²) in [5, 5.41) is 3.94. The summed E-state index contributed by atoms with van der Waals surface area (Å²) < 4.78 is -0.202. The van der Waals surface area contributed by atoms with E-state index < -0.39 is 0 Å². The van der Waals surface area contributed by atoms with Gasteiger partial charge in [0, 0.05) is 12.7 Å². The van der Waals surface area contributed by atoms with Crippen molar-refractivity contribution in [2.45, 2.75) is 43.4 Å². The van der Waals surface area contributed by atoms with Crippen LogP contribution in [0.2, 0.25) is 0 Å². The molecule has 2 aromatic rings. The lowest BCUT2D eigenvalue weighted by molar-refractivity contribution is 0.327. The quantitative estimate of drug-likeness (QED) is 0.282. The lowest BCUT2D eigenvalue weighted by Crippen LogP contribution is -2.30. The summed E-state index contributed by atoms with van der Waals surface area (Å²) >= 11 is 9.79. The van der Waals surface area contributed by atoms with Crippen molar-refractivity contribution in [1.29, 1.82) is 0 Å². The number of hydrogen-bond acceptors (Lipinski definition) is 9. The van der Waals surface area contributed by atoms with Gasteiger partial charge in [-0.25, -0.2) is 9.97 Å². The molecule has 190 valence electrons. The molecule has 4 rings (SSSR count). The zero-order valence-electron chi connectivity index (χ0n) is 20.7. The summed E-state index contributed by atoms with van der Waals surface area (Å²) in [4.78, 5) is 25.9. The third-order valence-corrected chi connectivity index (χ3v) is 8.94. The zero-order valence-corrected chi connectivity index (χ0v) is 23.1. The predicted octanol–water partition coefficient (Wildman–Crippen LogP) is 5.89. The number of nitrogens with zero attached hydrogens (tertiary/aromatic N) is 6. The number of alkyl halides is 1. The monoisotopic (exact) mass is 541 g/mol. The Kier molecular flexibility index (Phi) is 9.47. The first kappa shape index (κ1) is 26.7. The van der Waals surface area contributed by atoms with Crippen molar-refractivity contribution in [1.82, 2.24) is 19.9 Å². The van der Waals surface area contributed by atoms with Gasteiger partial charge in [-0.15, -0.1) is 23.4 Å². The summed E-state index contributed by atoms with van der Waals surface area (Å²) in [6, 6.07) is 0. The van der Waals surface area contributed by atoms with Crippen LogP contribution < -0.4 is 5.32 Å². The molecule has 1 aliphatic heterocycles. The van der Waals surface area contributed by atoms with Gasteiger partial charge in [0.05, 0.1) is 51.2 Å². The van der Waals surface area contributed by atoms with Crippen LogP contribution in [0.15, 0.2) is 64.5 Å². The number of aromatic nitrogens is 3. The summed E-state index contributed by atoms with van der Waals surface area (Å²) in [5.74, 6) is 1.25. The second-order valence-corrected chi connectivity index (χ2v) is 12.0. The van der Waals surface area contributed by atoms with E-state index in [1.54, 1.807) is 18.0 Å². The Hall–Kier alpha value is -2.33. The molecule has 36 heavy (non-hydrogen) atoms. The smallest absolute Gasteiger partial charge is 0.188 e. The van der Waals surface area contributed by atoms with E-state index in [2.05, 4.69) is 56.0 Å².